The van der Waals surface area contributed by atoms with E-state index in [0.717, 1.165) is 0 Å². The summed E-state index contributed by atoms with van der Waals surface area (Å²) in [7, 11) is 0. The molecule has 3 aliphatic rings. The number of nitrogens with zero attached hydrogens (tertiary/aromatic N) is 2. The van der Waals surface area contributed by atoms with E-state index < -0.39 is 18.0 Å². The number of rotatable bonds is 5. The van der Waals surface area contributed by atoms with Crippen LogP contribution in [0.2, 0.25) is 0 Å². The molecule has 160 valence electrons. The van der Waals surface area contributed by atoms with Gasteiger partial charge in [0.2, 0.25) is 0 Å². The molecule has 0 bridgehead atoms. The van der Waals surface area contributed by atoms with Gasteiger partial charge in [0.05, 0.1) is 46.9 Å². The highest BCUT2D eigenvalue weighted by Crippen LogP contribution is 2.33. The molecular formula is C20H21ClFN3O4S. The number of morpholine rings is 1. The predicted molar refractivity (Wildman–Crippen MR) is 114 cm³/mol. The third-order valence-corrected chi connectivity index (χ3v) is 6.29. The average Bonchev–Trinajstić information content (AvgIpc) is 3.13. The van der Waals surface area contributed by atoms with Gasteiger partial charge in [-0.2, -0.15) is 0 Å². The molecule has 0 radical (unpaired) electrons. The molecule has 3 aliphatic heterocycles. The zero-order valence-electron chi connectivity index (χ0n) is 16.1. The monoisotopic (exact) mass is 453 g/mol. The topological polar surface area (TPSA) is 71.1 Å². The summed E-state index contributed by atoms with van der Waals surface area (Å²) in [6.45, 7) is 2.76. The lowest BCUT2D eigenvalue weighted by atomic mass is 10.2. The van der Waals surface area contributed by atoms with Crippen molar-refractivity contribution in [2.75, 3.05) is 49.2 Å². The van der Waals surface area contributed by atoms with Crippen LogP contribution in [0.25, 0.3) is 0 Å². The Balaban J connectivity index is 1.35. The van der Waals surface area contributed by atoms with Gasteiger partial charge >= 0.3 is 6.09 Å². The minimum Gasteiger partial charge on any atom is -0.442 e. The Morgan fingerprint density at radius 1 is 1.30 bits per heavy atom. The van der Waals surface area contributed by atoms with E-state index in [4.69, 9.17) is 21.1 Å². The van der Waals surface area contributed by atoms with E-state index in [1.807, 2.05) is 11.0 Å². The number of amides is 2. The van der Waals surface area contributed by atoms with Gasteiger partial charge in [0.1, 0.15) is 11.9 Å². The van der Waals surface area contributed by atoms with E-state index in [9.17, 15) is 14.0 Å². The third-order valence-electron chi connectivity index (χ3n) is 4.97. The van der Waals surface area contributed by atoms with E-state index in [0.29, 0.717) is 53.4 Å². The molecule has 2 amide bonds. The molecule has 2 fully saturated rings. The van der Waals surface area contributed by atoms with Crippen LogP contribution in [-0.4, -0.2) is 57.5 Å². The van der Waals surface area contributed by atoms with Crippen molar-refractivity contribution >= 4 is 46.7 Å². The van der Waals surface area contributed by atoms with E-state index in [2.05, 4.69) is 5.32 Å². The van der Waals surface area contributed by atoms with Crippen molar-refractivity contribution in [2.45, 2.75) is 12.5 Å². The first-order valence-corrected chi connectivity index (χ1v) is 10.8. The Kier molecular flexibility index (Phi) is 6.50. The number of halogens is 2. The van der Waals surface area contributed by atoms with Crippen LogP contribution in [0.5, 0.6) is 0 Å². The molecular weight excluding hydrogens is 433 g/mol. The van der Waals surface area contributed by atoms with Crippen LogP contribution in [0.15, 0.2) is 39.6 Å². The first kappa shape index (κ1) is 21.0. The molecule has 3 heterocycles. The predicted octanol–water partition coefficient (Wildman–Crippen LogP) is 3.20. The Labute approximate surface area is 182 Å². The normalized spacial score (nSPS) is 21.8. The van der Waals surface area contributed by atoms with Gasteiger partial charge in [-0.25, -0.2) is 9.18 Å². The number of carbonyl (C=O) groups excluding carboxylic acids is 2. The largest absolute Gasteiger partial charge is 0.442 e. The maximum Gasteiger partial charge on any atom is 0.414 e. The third kappa shape index (κ3) is 4.74. The van der Waals surface area contributed by atoms with Crippen LogP contribution in [-0.2, 0) is 14.3 Å². The second kappa shape index (κ2) is 9.28. The van der Waals surface area contributed by atoms with Gasteiger partial charge in [-0.15, -0.1) is 0 Å². The summed E-state index contributed by atoms with van der Waals surface area (Å²) in [5, 5.41) is 2.76. The quantitative estimate of drug-likeness (QED) is 0.738. The van der Waals surface area contributed by atoms with Gasteiger partial charge in [-0.3, -0.25) is 9.69 Å². The van der Waals surface area contributed by atoms with Crippen LogP contribution >= 0.6 is 23.4 Å². The molecule has 1 atom stereocenters. The number of allylic oxidation sites excluding steroid dienone is 2. The van der Waals surface area contributed by atoms with E-state index in [1.54, 1.807) is 18.2 Å². The van der Waals surface area contributed by atoms with Crippen LogP contribution in [0.4, 0.5) is 20.6 Å². The van der Waals surface area contributed by atoms with Gasteiger partial charge in [0, 0.05) is 13.1 Å². The van der Waals surface area contributed by atoms with Gasteiger partial charge in [-0.05, 0) is 24.6 Å². The minimum absolute atomic E-state index is 0.161. The molecule has 0 spiro atoms. The molecule has 10 heteroatoms. The van der Waals surface area contributed by atoms with Crippen molar-refractivity contribution < 1.29 is 23.5 Å². The van der Waals surface area contributed by atoms with Gasteiger partial charge in [0.25, 0.3) is 5.91 Å². The molecule has 1 aromatic carbocycles. The summed E-state index contributed by atoms with van der Waals surface area (Å²) in [5.41, 5.74) is 0.912. The Morgan fingerprint density at radius 3 is 2.83 bits per heavy atom. The summed E-state index contributed by atoms with van der Waals surface area (Å²) in [5.74, 6) is -0.660. The van der Waals surface area contributed by atoms with Crippen molar-refractivity contribution in [1.29, 1.82) is 0 Å². The fraction of sp³-hybridized carbons (Fsp3) is 0.400. The highest BCUT2D eigenvalue weighted by molar-refractivity contribution is 8.09. The van der Waals surface area contributed by atoms with Crippen molar-refractivity contribution in [3.05, 3.63) is 45.4 Å². The maximum atomic E-state index is 14.7. The fourth-order valence-corrected chi connectivity index (χ4v) is 4.52. The summed E-state index contributed by atoms with van der Waals surface area (Å²) >= 11 is 7.14. The Morgan fingerprint density at radius 2 is 2.10 bits per heavy atom. The second-order valence-electron chi connectivity index (χ2n) is 6.98. The van der Waals surface area contributed by atoms with Crippen LogP contribution in [0.1, 0.15) is 6.42 Å². The van der Waals surface area contributed by atoms with E-state index in [-0.39, 0.29) is 19.0 Å². The first-order chi connectivity index (χ1) is 14.5. The minimum atomic E-state index is -0.565. The average molecular weight is 454 g/mol. The van der Waals surface area contributed by atoms with Gasteiger partial charge < -0.3 is 19.7 Å². The molecule has 1 N–H and O–H groups in total. The van der Waals surface area contributed by atoms with E-state index in [1.165, 1.54) is 22.7 Å². The molecule has 0 aliphatic carbocycles. The number of carbonyl (C=O) groups is 2. The summed E-state index contributed by atoms with van der Waals surface area (Å²) in [6, 6.07) is 4.71. The Bertz CT molecular complexity index is 904. The van der Waals surface area contributed by atoms with Crippen LogP contribution < -0.4 is 15.1 Å². The smallest absolute Gasteiger partial charge is 0.414 e. The highest BCUT2D eigenvalue weighted by Gasteiger charge is 2.33. The molecule has 0 aromatic heterocycles. The van der Waals surface area contributed by atoms with E-state index >= 15 is 0 Å². The molecule has 1 unspecified atom stereocenters. The van der Waals surface area contributed by atoms with Crippen molar-refractivity contribution in [2.24, 2.45) is 0 Å². The number of ether oxygens (including phenoxy) is 2. The summed E-state index contributed by atoms with van der Waals surface area (Å²) in [6.07, 6.45) is 3.13. The second-order valence-corrected chi connectivity index (χ2v) is 8.69. The summed E-state index contributed by atoms with van der Waals surface area (Å²) in [4.78, 5) is 28.3. The Hall–Kier alpha value is -2.23. The zero-order chi connectivity index (χ0) is 21.1. The number of anilines is 2. The molecule has 30 heavy (non-hydrogen) atoms. The number of nitrogens with one attached hydrogen (secondary N) is 1. The van der Waals surface area contributed by atoms with Crippen molar-refractivity contribution in [1.82, 2.24) is 5.32 Å². The lowest BCUT2D eigenvalue weighted by Crippen LogP contribution is -2.37. The molecule has 1 aromatic rings. The zero-order valence-corrected chi connectivity index (χ0v) is 17.7. The maximum absolute atomic E-state index is 14.7. The lowest BCUT2D eigenvalue weighted by molar-refractivity contribution is -0.117. The number of cyclic esters (lactones) is 1. The SMILES string of the molecule is O=C(NCC1CN(c2ccc(N3CCOCC3)c(F)c2)C(=O)O1)C1=CCC=C(Cl)S1. The number of hydrogen-bond donors (Lipinski definition) is 1. The first-order valence-electron chi connectivity index (χ1n) is 9.63. The number of benzene rings is 1. The fourth-order valence-electron chi connectivity index (χ4n) is 3.44. The molecule has 2 saturated heterocycles. The van der Waals surface area contributed by atoms with Gasteiger partial charge in [-0.1, -0.05) is 35.5 Å². The summed E-state index contributed by atoms with van der Waals surface area (Å²) < 4.78 is 25.9. The van der Waals surface area contributed by atoms with Crippen LogP contribution in [0.3, 0.4) is 0 Å². The van der Waals surface area contributed by atoms with Crippen molar-refractivity contribution in [3.63, 3.8) is 0 Å². The van der Waals surface area contributed by atoms with Crippen molar-refractivity contribution in [3.8, 4) is 0 Å². The standard InChI is InChI=1S/C20H21ClFN3O4S/c21-18-3-1-2-17(30-18)19(26)23-11-14-12-25(20(27)29-14)13-4-5-16(15(22)10-13)24-6-8-28-9-7-24/h2-5,10,14H,1,6-9,11-12H2,(H,23,26). The molecule has 4 rings (SSSR count). The lowest BCUT2D eigenvalue weighted by Gasteiger charge is -2.29. The number of hydrogen-bond acceptors (Lipinski definition) is 6. The van der Waals surface area contributed by atoms with Crippen LogP contribution in [0, 0.1) is 5.82 Å². The highest BCUT2D eigenvalue weighted by atomic mass is 35.5. The molecule has 0 saturated carbocycles. The molecule has 7 nitrogen and oxygen atoms in total. The number of thioether (sulfide) groups is 1. The van der Waals surface area contributed by atoms with Gasteiger partial charge in [0.15, 0.2) is 0 Å².